The molecule has 2 saturated carbocycles. The minimum absolute atomic E-state index is 0.0168. The van der Waals surface area contributed by atoms with Gasteiger partial charge in [0, 0.05) is 85.7 Å². The number of ether oxygens (including phenoxy) is 1. The van der Waals surface area contributed by atoms with Crippen LogP contribution in [-0.4, -0.2) is 121 Å². The van der Waals surface area contributed by atoms with E-state index in [1.165, 1.54) is 12.0 Å². The quantitative estimate of drug-likeness (QED) is 0.186. The van der Waals surface area contributed by atoms with E-state index in [4.69, 9.17) is 24.7 Å². The maximum atomic E-state index is 13.1. The summed E-state index contributed by atoms with van der Waals surface area (Å²) in [6, 6.07) is 14.0. The molecule has 18 nitrogen and oxygen atoms in total. The van der Waals surface area contributed by atoms with Crippen LogP contribution >= 0.6 is 0 Å². The zero-order valence-corrected chi connectivity index (χ0v) is 42.6. The number of nitriles is 3. The summed E-state index contributed by atoms with van der Waals surface area (Å²) in [6.07, 6.45) is 14.0. The van der Waals surface area contributed by atoms with Crippen LogP contribution in [0.4, 0.5) is 39.7 Å². The molecular weight excluding hydrogens is 895 g/mol. The molecule has 5 fully saturated rings. The highest BCUT2D eigenvalue weighted by Gasteiger charge is 2.55. The molecule has 2 unspecified atom stereocenters. The maximum Gasteiger partial charge on any atom is 0.410 e. The molecule has 0 radical (unpaired) electrons. The second-order valence-corrected chi connectivity index (χ2v) is 21.6. The van der Waals surface area contributed by atoms with E-state index in [0.717, 1.165) is 98.6 Å². The van der Waals surface area contributed by atoms with Gasteiger partial charge in [-0.1, -0.05) is 26.7 Å². The molecule has 4 aromatic rings. The zero-order chi connectivity index (χ0) is 50.6. The lowest BCUT2D eigenvalue weighted by Crippen LogP contribution is -2.60. The summed E-state index contributed by atoms with van der Waals surface area (Å²) in [6.45, 7) is 21.4. The fraction of sp³-hybridized carbons (Fsp3) is 0.566. The van der Waals surface area contributed by atoms with Gasteiger partial charge in [0.1, 0.15) is 58.6 Å². The molecule has 71 heavy (non-hydrogen) atoms. The second-order valence-electron chi connectivity index (χ2n) is 21.6. The topological polar surface area (TPSA) is 212 Å². The Bertz CT molecular complexity index is 2830. The van der Waals surface area contributed by atoms with Crippen molar-refractivity contribution in [1.82, 2.24) is 39.7 Å². The average Bonchev–Trinajstić information content (AvgIpc) is 4.14. The molecule has 4 atom stereocenters. The van der Waals surface area contributed by atoms with Crippen LogP contribution in [0.25, 0.3) is 0 Å². The highest BCUT2D eigenvalue weighted by Crippen LogP contribution is 2.58. The van der Waals surface area contributed by atoms with Gasteiger partial charge in [-0.05, 0) is 105 Å². The Morgan fingerprint density at radius 3 is 1.59 bits per heavy atom. The van der Waals surface area contributed by atoms with Gasteiger partial charge in [0.2, 0.25) is 5.91 Å². The van der Waals surface area contributed by atoms with Crippen molar-refractivity contribution < 1.29 is 14.3 Å². The molecule has 0 N–H and O–H groups in total. The van der Waals surface area contributed by atoms with Crippen molar-refractivity contribution in [2.75, 3.05) is 58.9 Å². The van der Waals surface area contributed by atoms with Gasteiger partial charge in [0.25, 0.3) is 0 Å². The van der Waals surface area contributed by atoms with Crippen molar-refractivity contribution in [2.45, 2.75) is 148 Å². The number of pyridine rings is 2. The summed E-state index contributed by atoms with van der Waals surface area (Å²) >= 11 is 0. The normalized spacial score (nSPS) is 23.0. The second kappa shape index (κ2) is 18.6. The number of carbonyl (C=O) groups is 2. The van der Waals surface area contributed by atoms with Crippen LogP contribution in [0, 0.1) is 39.4 Å². The number of amides is 2. The van der Waals surface area contributed by atoms with Crippen molar-refractivity contribution in [3.05, 3.63) is 71.6 Å². The van der Waals surface area contributed by atoms with Crippen molar-refractivity contribution in [1.29, 1.82) is 15.8 Å². The van der Waals surface area contributed by atoms with E-state index < -0.39 is 11.0 Å². The predicted molar refractivity (Wildman–Crippen MR) is 268 cm³/mol. The minimum atomic E-state index is -1.05. The van der Waals surface area contributed by atoms with Crippen LogP contribution in [0.3, 0.4) is 0 Å². The average molecular weight is 960 g/mol. The van der Waals surface area contributed by atoms with Gasteiger partial charge < -0.3 is 34.1 Å². The lowest BCUT2D eigenvalue weighted by Gasteiger charge is -2.47. The zero-order valence-electron chi connectivity index (χ0n) is 42.6. The van der Waals surface area contributed by atoms with Gasteiger partial charge in [-0.25, -0.2) is 34.7 Å². The van der Waals surface area contributed by atoms with Gasteiger partial charge in [-0.3, -0.25) is 4.79 Å². The van der Waals surface area contributed by atoms with Gasteiger partial charge in [-0.2, -0.15) is 15.8 Å². The Morgan fingerprint density at radius 2 is 1.15 bits per heavy atom. The highest BCUT2D eigenvalue weighted by atomic mass is 16.6. The number of likely N-dealkylation sites (tertiary alicyclic amines) is 1. The Morgan fingerprint density at radius 1 is 0.648 bits per heavy atom. The van der Waals surface area contributed by atoms with Crippen molar-refractivity contribution in [3.63, 3.8) is 0 Å². The van der Waals surface area contributed by atoms with E-state index in [1.807, 2.05) is 63.5 Å². The third kappa shape index (κ3) is 8.57. The lowest BCUT2D eigenvalue weighted by atomic mass is 9.66. The van der Waals surface area contributed by atoms with Crippen molar-refractivity contribution in [2.24, 2.45) is 5.41 Å². The Balaban J connectivity index is 0.000000170. The fourth-order valence-corrected chi connectivity index (χ4v) is 11.7. The monoisotopic (exact) mass is 960 g/mol. The van der Waals surface area contributed by atoms with Gasteiger partial charge in [-0.15, -0.1) is 0 Å². The largest absolute Gasteiger partial charge is 0.444 e. The number of nitrogens with zero attached hydrogens (tertiary/aromatic N) is 15. The van der Waals surface area contributed by atoms with Crippen LogP contribution in [0.5, 0.6) is 0 Å². The van der Waals surface area contributed by atoms with E-state index in [1.54, 1.807) is 51.0 Å². The van der Waals surface area contributed by atoms with Crippen LogP contribution < -0.4 is 19.6 Å². The van der Waals surface area contributed by atoms with E-state index in [9.17, 15) is 25.4 Å². The van der Waals surface area contributed by atoms with Gasteiger partial charge in [0.15, 0.2) is 0 Å². The SMILES string of the molecule is CC.CC(C)(C)OC(=O)N1CC2CC1CN2c1ncnc2c1C1(CCC1)CN2c1cc(C#N)ccn1.C[C@@H]1CN(c2ncnc3c2C2(CCC2)CN3c2cc(C#N)ccn2)[C@@H](C)CN1C(=O)C(C)(C)C#N. The van der Waals surface area contributed by atoms with Crippen LogP contribution in [-0.2, 0) is 20.4 Å². The number of anilines is 6. The predicted octanol–water partition coefficient (Wildman–Crippen LogP) is 7.83. The maximum absolute atomic E-state index is 13.1. The van der Waals surface area contributed by atoms with E-state index in [0.29, 0.717) is 30.8 Å². The number of piperazine rings is 2. The minimum Gasteiger partial charge on any atom is -0.444 e. The van der Waals surface area contributed by atoms with E-state index >= 15 is 0 Å². The van der Waals surface area contributed by atoms with Crippen LogP contribution in [0.15, 0.2) is 49.3 Å². The summed E-state index contributed by atoms with van der Waals surface area (Å²) in [5, 5.41) is 28.2. The standard InChI is InChI=1S/C26H30N8O.C25H29N7O2.C2H6/c1-17-13-33(24(35)25(3,4)14-28)18(2)12-32(17)22-21-23(31-16-30-22)34(15-26(21)7-5-8-26)20-10-19(11-27)6-9-29-20;1-24(2,3)34-23(33)31-13-17-10-18(31)12-30(17)21-20-22(29-15-28-21)32(14-25(20)6-4-7-25)19-9-16(11-26)5-8-27-19;1-2/h6,9-10,16-18H,5,7-8,12-13,15H2,1-4H3;5,8-9,15,17-18H,4,6-7,10,12-14H2,1-3H3;1-2H3/t17-,18+;;/m0../s1. The molecule has 2 spiro atoms. The molecule has 11 rings (SSSR count). The summed E-state index contributed by atoms with van der Waals surface area (Å²) in [5.41, 5.74) is 1.97. The molecule has 370 valence electrons. The molecular formula is C53H65N15O3. The molecule has 9 heterocycles. The first kappa shape index (κ1) is 48.9. The molecule has 0 aromatic carbocycles. The van der Waals surface area contributed by atoms with Gasteiger partial charge >= 0.3 is 6.09 Å². The third-order valence-electron chi connectivity index (χ3n) is 15.5. The first-order valence-corrected chi connectivity index (χ1v) is 25.2. The number of rotatable bonds is 5. The summed E-state index contributed by atoms with van der Waals surface area (Å²) in [7, 11) is 0. The molecule has 18 heteroatoms. The first-order chi connectivity index (χ1) is 34.0. The summed E-state index contributed by atoms with van der Waals surface area (Å²) in [4.78, 5) is 66.6. The highest BCUT2D eigenvalue weighted by molar-refractivity contribution is 5.85. The van der Waals surface area contributed by atoms with Crippen LogP contribution in [0.2, 0.25) is 0 Å². The van der Waals surface area contributed by atoms with E-state index in [-0.39, 0.29) is 47.0 Å². The molecule has 2 amide bonds. The molecule has 2 aliphatic carbocycles. The molecule has 2 bridgehead atoms. The fourth-order valence-electron chi connectivity index (χ4n) is 11.7. The number of fused-ring (bicyclic) bond motifs is 6. The van der Waals surface area contributed by atoms with Gasteiger partial charge in [0.05, 0.1) is 41.4 Å². The summed E-state index contributed by atoms with van der Waals surface area (Å²) < 4.78 is 5.64. The van der Waals surface area contributed by atoms with Crippen LogP contribution in [0.1, 0.15) is 130 Å². The number of hydrogen-bond acceptors (Lipinski definition) is 16. The molecule has 7 aliphatic rings. The number of hydrogen-bond donors (Lipinski definition) is 0. The van der Waals surface area contributed by atoms with Crippen molar-refractivity contribution >= 4 is 46.9 Å². The molecule has 3 saturated heterocycles. The van der Waals surface area contributed by atoms with E-state index in [2.05, 4.69) is 54.7 Å². The van der Waals surface area contributed by atoms with Crippen molar-refractivity contribution in [3.8, 4) is 18.2 Å². The Labute approximate surface area is 417 Å². The number of carbonyl (C=O) groups excluding carboxylic acids is 2. The first-order valence-electron chi connectivity index (χ1n) is 25.2. The Kier molecular flexibility index (Phi) is 12.8. The Hall–Kier alpha value is -7.13. The number of aromatic nitrogens is 6. The summed E-state index contributed by atoms with van der Waals surface area (Å²) in [5.74, 6) is 5.05. The lowest BCUT2D eigenvalue weighted by molar-refractivity contribution is -0.140. The smallest absolute Gasteiger partial charge is 0.410 e. The third-order valence-corrected chi connectivity index (χ3v) is 15.5. The molecule has 5 aliphatic heterocycles. The molecule has 4 aromatic heterocycles.